The fourth-order valence-corrected chi connectivity index (χ4v) is 5.04. The van der Waals surface area contributed by atoms with Gasteiger partial charge in [0, 0.05) is 28.5 Å². The van der Waals surface area contributed by atoms with Gasteiger partial charge in [0.1, 0.15) is 11.5 Å². The van der Waals surface area contributed by atoms with Gasteiger partial charge in [-0.25, -0.2) is 4.98 Å². The minimum atomic E-state index is -0.726. The average molecular weight is 589 g/mol. The zero-order valence-corrected chi connectivity index (χ0v) is 24.9. The molecule has 0 aliphatic carbocycles. The van der Waals surface area contributed by atoms with Gasteiger partial charge in [-0.2, -0.15) is 5.10 Å². The minimum absolute atomic E-state index is 0.102. The fourth-order valence-electron chi connectivity index (χ4n) is 4.50. The number of anilines is 1. The first-order chi connectivity index (χ1) is 18.9. The molecule has 0 bridgehead atoms. The van der Waals surface area contributed by atoms with Gasteiger partial charge in [0.15, 0.2) is 0 Å². The summed E-state index contributed by atoms with van der Waals surface area (Å²) in [5, 5.41) is 11.8. The van der Waals surface area contributed by atoms with Crippen molar-refractivity contribution < 1.29 is 19.1 Å². The maximum Gasteiger partial charge on any atom is 0.307 e. The summed E-state index contributed by atoms with van der Waals surface area (Å²) >= 11 is 12.4. The lowest BCUT2D eigenvalue weighted by Crippen LogP contribution is -2.31. The van der Waals surface area contributed by atoms with E-state index in [4.69, 9.17) is 42.8 Å². The maximum atomic E-state index is 13.7. The van der Waals surface area contributed by atoms with Gasteiger partial charge in [0.2, 0.25) is 0 Å². The van der Waals surface area contributed by atoms with Crippen molar-refractivity contribution in [2.24, 2.45) is 0 Å². The molecule has 3 aromatic rings. The molecule has 214 valence electrons. The molecule has 0 spiro atoms. The summed E-state index contributed by atoms with van der Waals surface area (Å²) in [5.41, 5.74) is 4.08. The Morgan fingerprint density at radius 1 is 1.18 bits per heavy atom. The van der Waals surface area contributed by atoms with E-state index in [0.29, 0.717) is 33.4 Å². The molecule has 3 heterocycles. The topological polar surface area (TPSA) is 107 Å². The number of nitrogens with one attached hydrogen (secondary N) is 2. The Labute approximate surface area is 244 Å². The molecule has 9 nitrogen and oxygen atoms in total. The summed E-state index contributed by atoms with van der Waals surface area (Å²) in [4.78, 5) is 30.6. The lowest BCUT2D eigenvalue weighted by atomic mass is 10.0. The Morgan fingerprint density at radius 2 is 1.90 bits per heavy atom. The molecule has 2 N–H and O–H groups in total. The fraction of sp³-hybridized carbons (Fsp3) is 0.448. The van der Waals surface area contributed by atoms with Gasteiger partial charge in [-0.05, 0) is 81.5 Å². The molecule has 1 aliphatic rings. The third kappa shape index (κ3) is 7.74. The van der Waals surface area contributed by atoms with E-state index >= 15 is 0 Å². The molecule has 0 saturated carbocycles. The number of halogens is 2. The van der Waals surface area contributed by atoms with E-state index < -0.39 is 23.5 Å². The number of ether oxygens (including phenoxy) is 2. The Morgan fingerprint density at radius 3 is 2.58 bits per heavy atom. The van der Waals surface area contributed by atoms with Crippen molar-refractivity contribution in [2.45, 2.75) is 71.8 Å². The molecule has 1 unspecified atom stereocenters. The van der Waals surface area contributed by atoms with Gasteiger partial charge in [-0.3, -0.25) is 14.3 Å². The van der Waals surface area contributed by atoms with E-state index in [9.17, 15) is 9.59 Å². The standard InChI is InChI=1S/C29H35Cl2N5O4/c1-17-20(9-18-7-6-8-32-27(18)33-17)14-36-15-23(25(35-36)16-40-29(2,3)4)28(38)34-24(13-26(37)39-5)19-10-21(30)12-22(31)11-19/h9-12,15,24H,6-8,13-14,16H2,1-5H3,(H,32,33)(H,34,38). The van der Waals surface area contributed by atoms with Crippen LogP contribution < -0.4 is 10.6 Å². The molecule has 1 amide bonds. The van der Waals surface area contributed by atoms with Crippen LogP contribution in [0.1, 0.15) is 78.1 Å². The number of carbonyl (C=O) groups excluding carboxylic acids is 2. The monoisotopic (exact) mass is 587 g/mol. The van der Waals surface area contributed by atoms with Crippen LogP contribution in [0.25, 0.3) is 0 Å². The summed E-state index contributed by atoms with van der Waals surface area (Å²) in [5.74, 6) is 0.0385. The number of esters is 1. The average Bonchev–Trinajstić information content (AvgIpc) is 3.29. The number of nitrogens with zero attached hydrogens (tertiary/aromatic N) is 3. The Kier molecular flexibility index (Phi) is 9.38. The molecule has 0 fully saturated rings. The number of rotatable bonds is 9. The van der Waals surface area contributed by atoms with E-state index in [2.05, 4.69) is 16.7 Å². The van der Waals surface area contributed by atoms with Gasteiger partial charge < -0.3 is 20.1 Å². The quantitative estimate of drug-likeness (QED) is 0.311. The number of hydrogen-bond donors (Lipinski definition) is 2. The van der Waals surface area contributed by atoms with E-state index in [1.54, 1.807) is 29.1 Å². The van der Waals surface area contributed by atoms with E-state index in [0.717, 1.165) is 36.5 Å². The van der Waals surface area contributed by atoms with Gasteiger partial charge in [-0.1, -0.05) is 23.2 Å². The Bertz CT molecular complexity index is 1380. The van der Waals surface area contributed by atoms with Crippen molar-refractivity contribution in [3.05, 3.63) is 74.1 Å². The van der Waals surface area contributed by atoms with Crippen LogP contribution in [0, 0.1) is 6.92 Å². The predicted octanol–water partition coefficient (Wildman–Crippen LogP) is 5.65. The van der Waals surface area contributed by atoms with Crippen molar-refractivity contribution in [2.75, 3.05) is 19.0 Å². The lowest BCUT2D eigenvalue weighted by Gasteiger charge is -2.20. The zero-order valence-electron chi connectivity index (χ0n) is 23.4. The van der Waals surface area contributed by atoms with Crippen LogP contribution >= 0.6 is 23.2 Å². The second-order valence-corrected chi connectivity index (χ2v) is 11.7. The van der Waals surface area contributed by atoms with Gasteiger partial charge in [0.05, 0.1) is 43.9 Å². The summed E-state index contributed by atoms with van der Waals surface area (Å²) in [6.07, 6.45) is 3.63. The van der Waals surface area contributed by atoms with E-state index in [1.165, 1.54) is 12.7 Å². The number of methoxy groups -OCH3 is 1. The maximum absolute atomic E-state index is 13.7. The molecular weight excluding hydrogens is 553 g/mol. The highest BCUT2D eigenvalue weighted by molar-refractivity contribution is 6.34. The first-order valence-corrected chi connectivity index (χ1v) is 13.9. The number of benzene rings is 1. The molecule has 1 aromatic carbocycles. The zero-order chi connectivity index (χ0) is 29.0. The normalized spacial score (nSPS) is 13.8. The van der Waals surface area contributed by atoms with Crippen LogP contribution in [0.3, 0.4) is 0 Å². The highest BCUT2D eigenvalue weighted by Crippen LogP contribution is 2.27. The molecular formula is C29H35Cl2N5O4. The van der Waals surface area contributed by atoms with Crippen molar-refractivity contribution in [3.8, 4) is 0 Å². The molecule has 4 rings (SSSR count). The van der Waals surface area contributed by atoms with Gasteiger partial charge in [0.25, 0.3) is 5.91 Å². The molecule has 0 radical (unpaired) electrons. The number of carbonyl (C=O) groups is 2. The number of amides is 1. The summed E-state index contributed by atoms with van der Waals surface area (Å²) in [6.45, 7) is 9.29. The highest BCUT2D eigenvalue weighted by Gasteiger charge is 2.25. The van der Waals surface area contributed by atoms with Gasteiger partial charge in [-0.15, -0.1) is 0 Å². The predicted molar refractivity (Wildman–Crippen MR) is 155 cm³/mol. The molecule has 2 aromatic heterocycles. The van der Waals surface area contributed by atoms with Crippen molar-refractivity contribution in [3.63, 3.8) is 0 Å². The summed E-state index contributed by atoms with van der Waals surface area (Å²) in [6, 6.07) is 6.34. The van der Waals surface area contributed by atoms with Crippen LogP contribution in [0.4, 0.5) is 5.82 Å². The lowest BCUT2D eigenvalue weighted by molar-refractivity contribution is -0.141. The second-order valence-electron chi connectivity index (χ2n) is 10.9. The molecule has 11 heteroatoms. The van der Waals surface area contributed by atoms with Crippen LogP contribution in [-0.4, -0.2) is 45.9 Å². The van der Waals surface area contributed by atoms with Crippen molar-refractivity contribution >= 4 is 40.9 Å². The third-order valence-electron chi connectivity index (χ3n) is 6.56. The number of pyridine rings is 1. The number of aryl methyl sites for hydroxylation is 2. The minimum Gasteiger partial charge on any atom is -0.469 e. The summed E-state index contributed by atoms with van der Waals surface area (Å²) in [7, 11) is 1.30. The first kappa shape index (κ1) is 29.8. The summed E-state index contributed by atoms with van der Waals surface area (Å²) < 4.78 is 12.6. The Hall–Kier alpha value is -3.14. The third-order valence-corrected chi connectivity index (χ3v) is 7.00. The molecule has 1 aliphatic heterocycles. The SMILES string of the molecule is COC(=O)CC(NC(=O)c1cn(Cc2cc3c(nc2C)NCCC3)nc1COC(C)(C)C)c1cc(Cl)cc(Cl)c1. The smallest absolute Gasteiger partial charge is 0.307 e. The molecule has 0 saturated heterocycles. The first-order valence-electron chi connectivity index (χ1n) is 13.2. The van der Waals surface area contributed by atoms with Crippen LogP contribution in [0.15, 0.2) is 30.5 Å². The van der Waals surface area contributed by atoms with Crippen molar-refractivity contribution in [1.82, 2.24) is 20.1 Å². The largest absolute Gasteiger partial charge is 0.469 e. The van der Waals surface area contributed by atoms with Crippen molar-refractivity contribution in [1.29, 1.82) is 0 Å². The molecule has 1 atom stereocenters. The number of aromatic nitrogens is 3. The highest BCUT2D eigenvalue weighted by atomic mass is 35.5. The number of hydrogen-bond acceptors (Lipinski definition) is 7. The van der Waals surface area contributed by atoms with E-state index in [1.807, 2.05) is 27.7 Å². The van der Waals surface area contributed by atoms with Gasteiger partial charge >= 0.3 is 5.97 Å². The Balaban J connectivity index is 1.64. The van der Waals surface area contributed by atoms with Crippen LogP contribution in [0.2, 0.25) is 10.0 Å². The second kappa shape index (κ2) is 12.6. The van der Waals surface area contributed by atoms with Crippen LogP contribution in [-0.2, 0) is 33.8 Å². The van der Waals surface area contributed by atoms with Crippen LogP contribution in [0.5, 0.6) is 0 Å². The molecule has 40 heavy (non-hydrogen) atoms. The van der Waals surface area contributed by atoms with E-state index in [-0.39, 0.29) is 13.0 Å². The number of fused-ring (bicyclic) bond motifs is 1.